The Morgan fingerprint density at radius 2 is 1.53 bits per heavy atom. The van der Waals surface area contributed by atoms with E-state index in [9.17, 15) is 36.3 Å². The van der Waals surface area contributed by atoms with Crippen molar-refractivity contribution < 1.29 is 40.7 Å². The average Bonchev–Trinajstić information content (AvgIpc) is 3.69. The maximum Gasteiger partial charge on any atom is 0.453 e. The van der Waals surface area contributed by atoms with Crippen LogP contribution in [0.2, 0.25) is 0 Å². The fourth-order valence-electron chi connectivity index (χ4n) is 4.24. The lowest BCUT2D eigenvalue weighted by Crippen LogP contribution is -2.55. The molecule has 0 radical (unpaired) electrons. The molecule has 0 spiro atoms. The van der Waals surface area contributed by atoms with Crippen LogP contribution in [0.5, 0.6) is 0 Å². The van der Waals surface area contributed by atoms with Crippen molar-refractivity contribution in [2.75, 3.05) is 18.0 Å². The van der Waals surface area contributed by atoms with Crippen molar-refractivity contribution in [1.29, 1.82) is 0 Å². The molecule has 1 heterocycles. The second kappa shape index (κ2) is 9.95. The number of carbonyl (C=O) groups excluding carboxylic acids is 3. The van der Waals surface area contributed by atoms with Gasteiger partial charge in [-0.3, -0.25) is 14.4 Å². The highest BCUT2D eigenvalue weighted by molar-refractivity contribution is 6.11. The second-order valence-corrected chi connectivity index (χ2v) is 9.61. The van der Waals surface area contributed by atoms with Crippen LogP contribution >= 0.6 is 0 Å². The SMILES string of the molecule is C[C@@](F)(C(=O)NCCC(F)(F)C(F)(F)F)C(=O)N[C@@H]1C(=O)N(CC2CC2)c2ccccc2-c2ccccc21. The summed E-state index contributed by atoms with van der Waals surface area (Å²) in [7, 11) is 0. The van der Waals surface area contributed by atoms with Gasteiger partial charge in [0.05, 0.1) is 5.69 Å². The molecule has 1 aliphatic heterocycles. The maximum atomic E-state index is 15.3. The number of hydrogen-bond donors (Lipinski definition) is 2. The Morgan fingerprint density at radius 1 is 0.921 bits per heavy atom. The lowest BCUT2D eigenvalue weighted by atomic mass is 9.94. The number of carbonyl (C=O) groups is 3. The third-order valence-electron chi connectivity index (χ3n) is 6.68. The van der Waals surface area contributed by atoms with Crippen molar-refractivity contribution in [2.45, 2.75) is 50.0 Å². The molecule has 4 rings (SSSR count). The van der Waals surface area contributed by atoms with E-state index in [2.05, 4.69) is 5.32 Å². The van der Waals surface area contributed by atoms with Crippen molar-refractivity contribution in [2.24, 2.45) is 5.92 Å². The van der Waals surface area contributed by atoms with Crippen LogP contribution in [0.3, 0.4) is 0 Å². The monoisotopic (exact) mass is 541 g/mol. The van der Waals surface area contributed by atoms with Crippen molar-refractivity contribution in [3.63, 3.8) is 0 Å². The molecule has 0 aromatic heterocycles. The van der Waals surface area contributed by atoms with Crippen LogP contribution in [0, 0.1) is 5.92 Å². The zero-order valence-electron chi connectivity index (χ0n) is 20.2. The zero-order valence-corrected chi connectivity index (χ0v) is 20.2. The van der Waals surface area contributed by atoms with Gasteiger partial charge < -0.3 is 15.5 Å². The molecule has 0 saturated heterocycles. The number of anilines is 1. The third-order valence-corrected chi connectivity index (χ3v) is 6.68. The second-order valence-electron chi connectivity index (χ2n) is 9.61. The number of amides is 3. The molecule has 0 bridgehead atoms. The van der Waals surface area contributed by atoms with E-state index >= 15 is 4.39 Å². The third kappa shape index (κ3) is 5.34. The van der Waals surface area contributed by atoms with E-state index in [-0.39, 0.29) is 5.92 Å². The molecule has 3 amide bonds. The molecule has 6 nitrogen and oxygen atoms in total. The Morgan fingerprint density at radius 3 is 2.16 bits per heavy atom. The van der Waals surface area contributed by atoms with Gasteiger partial charge in [0.25, 0.3) is 23.4 Å². The number of hydrogen-bond acceptors (Lipinski definition) is 3. The summed E-state index contributed by atoms with van der Waals surface area (Å²) in [6.07, 6.45) is -5.83. The molecule has 2 aromatic carbocycles. The summed E-state index contributed by atoms with van der Waals surface area (Å²) < 4.78 is 78.6. The van der Waals surface area contributed by atoms with Gasteiger partial charge in [-0.05, 0) is 42.9 Å². The minimum Gasteiger partial charge on any atom is -0.353 e. The van der Waals surface area contributed by atoms with Gasteiger partial charge in [-0.15, -0.1) is 0 Å². The number of nitrogens with zero attached hydrogens (tertiary/aromatic N) is 1. The summed E-state index contributed by atoms with van der Waals surface area (Å²) in [6.45, 7) is -0.311. The number of fused-ring (bicyclic) bond motifs is 3. The Hall–Kier alpha value is -3.57. The van der Waals surface area contributed by atoms with Gasteiger partial charge in [0.15, 0.2) is 0 Å². The molecule has 0 unspecified atom stereocenters. The number of para-hydroxylation sites is 1. The summed E-state index contributed by atoms with van der Waals surface area (Å²) in [6, 6.07) is 12.4. The van der Waals surface area contributed by atoms with E-state index in [1.54, 1.807) is 47.8 Å². The van der Waals surface area contributed by atoms with E-state index in [1.807, 2.05) is 6.07 Å². The summed E-state index contributed by atoms with van der Waals surface area (Å²) in [5, 5.41) is 3.90. The summed E-state index contributed by atoms with van der Waals surface area (Å²) in [5.41, 5.74) is -1.07. The van der Waals surface area contributed by atoms with Gasteiger partial charge in [0, 0.05) is 25.1 Å². The molecular weight excluding hydrogens is 516 g/mol. The van der Waals surface area contributed by atoms with E-state index in [0.29, 0.717) is 30.3 Å². The molecule has 38 heavy (non-hydrogen) atoms. The van der Waals surface area contributed by atoms with Gasteiger partial charge in [-0.2, -0.15) is 22.0 Å². The predicted octanol–water partition coefficient (Wildman–Crippen LogP) is 4.70. The van der Waals surface area contributed by atoms with E-state index in [1.165, 1.54) is 4.90 Å². The van der Waals surface area contributed by atoms with Gasteiger partial charge >= 0.3 is 12.1 Å². The highest BCUT2D eigenvalue weighted by Crippen LogP contribution is 2.42. The van der Waals surface area contributed by atoms with Gasteiger partial charge in [-0.1, -0.05) is 42.5 Å². The quantitative estimate of drug-likeness (QED) is 0.376. The molecule has 1 saturated carbocycles. The van der Waals surface area contributed by atoms with Crippen LogP contribution in [0.25, 0.3) is 11.1 Å². The van der Waals surface area contributed by atoms with Gasteiger partial charge in [0.2, 0.25) is 0 Å². The molecule has 2 aliphatic rings. The largest absolute Gasteiger partial charge is 0.453 e. The normalized spacial score (nSPS) is 19.1. The smallest absolute Gasteiger partial charge is 0.353 e. The van der Waals surface area contributed by atoms with Crippen LogP contribution in [0.1, 0.15) is 37.8 Å². The fraction of sp³-hybridized carbons (Fsp3) is 0.423. The highest BCUT2D eigenvalue weighted by Gasteiger charge is 2.57. The lowest BCUT2D eigenvalue weighted by molar-refractivity contribution is -0.283. The van der Waals surface area contributed by atoms with Crippen LogP contribution in [0.4, 0.5) is 32.0 Å². The van der Waals surface area contributed by atoms with E-state index in [0.717, 1.165) is 18.4 Å². The Balaban J connectivity index is 1.57. The molecular formula is C26H25F6N3O3. The summed E-state index contributed by atoms with van der Waals surface area (Å²) in [4.78, 5) is 40.5. The first-order chi connectivity index (χ1) is 17.7. The first kappa shape index (κ1) is 27.5. The summed E-state index contributed by atoms with van der Waals surface area (Å²) in [5.74, 6) is -8.64. The number of nitrogens with one attached hydrogen (secondary N) is 2. The molecule has 2 N–H and O–H groups in total. The highest BCUT2D eigenvalue weighted by atomic mass is 19.4. The minimum absolute atomic E-state index is 0.261. The molecule has 2 atom stereocenters. The number of benzene rings is 2. The number of alkyl halides is 6. The van der Waals surface area contributed by atoms with Crippen LogP contribution in [-0.4, -0.2) is 48.6 Å². The average molecular weight is 541 g/mol. The number of rotatable bonds is 8. The van der Waals surface area contributed by atoms with Crippen molar-refractivity contribution >= 4 is 23.4 Å². The van der Waals surface area contributed by atoms with Gasteiger partial charge in [0.1, 0.15) is 6.04 Å². The van der Waals surface area contributed by atoms with Crippen molar-refractivity contribution in [3.8, 4) is 11.1 Å². The van der Waals surface area contributed by atoms with Crippen molar-refractivity contribution in [1.82, 2.24) is 10.6 Å². The van der Waals surface area contributed by atoms with Gasteiger partial charge in [-0.25, -0.2) is 4.39 Å². The molecule has 2 aromatic rings. The first-order valence-electron chi connectivity index (χ1n) is 12.0. The molecule has 204 valence electrons. The first-order valence-corrected chi connectivity index (χ1v) is 12.0. The summed E-state index contributed by atoms with van der Waals surface area (Å²) >= 11 is 0. The van der Waals surface area contributed by atoms with E-state index < -0.39 is 54.5 Å². The van der Waals surface area contributed by atoms with Crippen LogP contribution in [0.15, 0.2) is 48.5 Å². The van der Waals surface area contributed by atoms with Crippen molar-refractivity contribution in [3.05, 3.63) is 54.1 Å². The minimum atomic E-state index is -5.84. The molecule has 1 fully saturated rings. The Kier molecular flexibility index (Phi) is 7.19. The predicted molar refractivity (Wildman–Crippen MR) is 126 cm³/mol. The Bertz CT molecular complexity index is 1240. The topological polar surface area (TPSA) is 78.5 Å². The van der Waals surface area contributed by atoms with Crippen LogP contribution < -0.4 is 15.5 Å². The Labute approximate surface area is 214 Å². The number of halogens is 6. The maximum absolute atomic E-state index is 15.3. The molecule has 1 aliphatic carbocycles. The van der Waals surface area contributed by atoms with E-state index in [4.69, 9.17) is 0 Å². The molecule has 12 heteroatoms. The van der Waals surface area contributed by atoms with Crippen LogP contribution in [-0.2, 0) is 14.4 Å². The zero-order chi connectivity index (χ0) is 27.9. The standard InChI is InChI=1S/C26H25F6N3O3/c1-24(27,22(37)33-13-12-25(28,29)26(30,31)32)23(38)34-20-18-8-3-2-6-16(18)17-7-4-5-9-19(17)35(21(20)36)14-15-10-11-15/h2-9,15,20H,10-14H2,1H3,(H,33,37)(H,34,38)/t20-,24+/m0/s1. The lowest BCUT2D eigenvalue weighted by Gasteiger charge is -2.28. The fourth-order valence-corrected chi connectivity index (χ4v) is 4.24.